The summed E-state index contributed by atoms with van der Waals surface area (Å²) in [5, 5.41) is 4.83. The van der Waals surface area contributed by atoms with Crippen LogP contribution in [0.1, 0.15) is 19.4 Å². The fraction of sp³-hybridized carbons (Fsp3) is 0.333. The highest BCUT2D eigenvalue weighted by Gasteiger charge is 2.14. The summed E-state index contributed by atoms with van der Waals surface area (Å²) in [6.45, 7) is 7.50. The molecule has 0 N–H and O–H groups in total. The van der Waals surface area contributed by atoms with Gasteiger partial charge in [-0.2, -0.15) is 5.10 Å². The van der Waals surface area contributed by atoms with Crippen molar-refractivity contribution in [3.05, 3.63) is 64.9 Å². The molecular formula is C21H26N4OS. The fourth-order valence-corrected chi connectivity index (χ4v) is 3.38. The lowest BCUT2D eigenvalue weighted by Gasteiger charge is -2.20. The third kappa shape index (κ3) is 4.46. The van der Waals surface area contributed by atoms with Gasteiger partial charge in [0.15, 0.2) is 10.6 Å². The first-order chi connectivity index (χ1) is 13.2. The molecule has 0 aliphatic heterocycles. The van der Waals surface area contributed by atoms with Crippen molar-refractivity contribution in [1.82, 2.24) is 19.2 Å². The van der Waals surface area contributed by atoms with Gasteiger partial charge >= 0.3 is 0 Å². The second kappa shape index (κ2) is 8.97. The molecular weight excluding hydrogens is 356 g/mol. The number of ether oxygens (including phenoxy) is 1. The van der Waals surface area contributed by atoms with Gasteiger partial charge in [0.1, 0.15) is 5.75 Å². The molecule has 2 aromatic carbocycles. The maximum absolute atomic E-state index is 5.70. The van der Waals surface area contributed by atoms with Crippen LogP contribution >= 0.6 is 12.2 Å². The lowest BCUT2D eigenvalue weighted by Crippen LogP contribution is -2.26. The molecule has 0 aliphatic carbocycles. The predicted molar refractivity (Wildman–Crippen MR) is 111 cm³/mol. The molecule has 0 bridgehead atoms. The number of benzene rings is 2. The molecule has 142 valence electrons. The van der Waals surface area contributed by atoms with Gasteiger partial charge in [0, 0.05) is 18.7 Å². The number of aromatic nitrogens is 3. The Labute approximate surface area is 165 Å². The van der Waals surface area contributed by atoms with Crippen molar-refractivity contribution in [1.29, 1.82) is 0 Å². The van der Waals surface area contributed by atoms with Crippen LogP contribution in [0, 0.1) is 4.77 Å². The molecule has 27 heavy (non-hydrogen) atoms. The van der Waals surface area contributed by atoms with Gasteiger partial charge in [0.2, 0.25) is 0 Å². The minimum Gasteiger partial charge on any atom is -0.497 e. The Balaban J connectivity index is 1.87. The molecule has 1 aromatic heterocycles. The summed E-state index contributed by atoms with van der Waals surface area (Å²) in [6, 6.07) is 18.4. The van der Waals surface area contributed by atoms with Gasteiger partial charge in [-0.05, 0) is 55.5 Å². The largest absolute Gasteiger partial charge is 0.497 e. The maximum atomic E-state index is 5.70. The molecule has 0 saturated carbocycles. The van der Waals surface area contributed by atoms with Crippen LogP contribution in [0.5, 0.6) is 5.75 Å². The van der Waals surface area contributed by atoms with Gasteiger partial charge < -0.3 is 9.30 Å². The molecule has 0 radical (unpaired) electrons. The molecule has 0 aliphatic rings. The smallest absolute Gasteiger partial charge is 0.199 e. The Morgan fingerprint density at radius 1 is 1.04 bits per heavy atom. The minimum absolute atomic E-state index is 0.667. The minimum atomic E-state index is 0.667. The van der Waals surface area contributed by atoms with Gasteiger partial charge in [0.05, 0.1) is 13.8 Å². The summed E-state index contributed by atoms with van der Waals surface area (Å²) < 4.78 is 10.00. The third-order valence-electron chi connectivity index (χ3n) is 4.62. The van der Waals surface area contributed by atoms with E-state index in [4.69, 9.17) is 22.1 Å². The lowest BCUT2D eigenvalue weighted by molar-refractivity contribution is 0.207. The van der Waals surface area contributed by atoms with Crippen molar-refractivity contribution in [2.75, 3.05) is 13.7 Å². The summed E-state index contributed by atoms with van der Waals surface area (Å²) >= 11 is 5.70. The molecule has 0 unspecified atom stereocenters. The molecule has 0 fully saturated rings. The van der Waals surface area contributed by atoms with Crippen LogP contribution < -0.4 is 4.74 Å². The van der Waals surface area contributed by atoms with Gasteiger partial charge in [-0.15, -0.1) is 0 Å². The first-order valence-electron chi connectivity index (χ1n) is 9.24. The van der Waals surface area contributed by atoms with Gasteiger partial charge in [-0.3, -0.25) is 4.90 Å². The molecule has 5 nitrogen and oxygen atoms in total. The highest BCUT2D eigenvalue weighted by molar-refractivity contribution is 7.71. The molecule has 1 heterocycles. The van der Waals surface area contributed by atoms with Crippen molar-refractivity contribution in [3.63, 3.8) is 0 Å². The van der Waals surface area contributed by atoms with E-state index in [1.807, 2.05) is 35.0 Å². The van der Waals surface area contributed by atoms with Crippen LogP contribution in [0.3, 0.4) is 0 Å². The Bertz CT molecular complexity index is 916. The van der Waals surface area contributed by atoms with E-state index in [2.05, 4.69) is 47.6 Å². The summed E-state index contributed by atoms with van der Waals surface area (Å²) in [5.41, 5.74) is 2.32. The maximum Gasteiger partial charge on any atom is 0.199 e. The average molecular weight is 383 g/mol. The van der Waals surface area contributed by atoms with Crippen molar-refractivity contribution in [3.8, 4) is 17.1 Å². The molecule has 6 heteroatoms. The topological polar surface area (TPSA) is 35.2 Å². The zero-order valence-corrected chi connectivity index (χ0v) is 16.9. The average Bonchev–Trinajstić information content (AvgIpc) is 3.03. The quantitative estimate of drug-likeness (QED) is 0.534. The monoisotopic (exact) mass is 382 g/mol. The molecule has 0 spiro atoms. The molecule has 0 atom stereocenters. The molecule has 3 aromatic rings. The zero-order valence-electron chi connectivity index (χ0n) is 16.1. The second-order valence-electron chi connectivity index (χ2n) is 6.35. The summed E-state index contributed by atoms with van der Waals surface area (Å²) in [5.74, 6) is 1.72. The lowest BCUT2D eigenvalue weighted by atomic mass is 10.2. The van der Waals surface area contributed by atoms with Crippen LogP contribution in [0.4, 0.5) is 0 Å². The number of hydrogen-bond donors (Lipinski definition) is 0. The van der Waals surface area contributed by atoms with E-state index < -0.39 is 0 Å². The van der Waals surface area contributed by atoms with E-state index in [0.29, 0.717) is 6.67 Å². The standard InChI is InChI=1S/C21H26N4OS/c1-4-23(15-17-9-7-6-8-10-17)16-25-21(27)24(5-2)20(22-25)18-11-13-19(26-3)14-12-18/h6-14H,4-5,15-16H2,1-3H3. The number of rotatable bonds is 8. The Kier molecular flexibility index (Phi) is 6.42. The normalized spacial score (nSPS) is 11.1. The fourth-order valence-electron chi connectivity index (χ4n) is 3.06. The van der Waals surface area contributed by atoms with E-state index in [0.717, 1.165) is 41.5 Å². The van der Waals surface area contributed by atoms with Crippen molar-refractivity contribution in [2.24, 2.45) is 0 Å². The third-order valence-corrected chi connectivity index (χ3v) is 5.05. The number of nitrogens with zero attached hydrogens (tertiary/aromatic N) is 4. The Morgan fingerprint density at radius 2 is 1.74 bits per heavy atom. The van der Waals surface area contributed by atoms with E-state index >= 15 is 0 Å². The van der Waals surface area contributed by atoms with Crippen molar-refractivity contribution < 1.29 is 4.74 Å². The van der Waals surface area contributed by atoms with E-state index in [-0.39, 0.29) is 0 Å². The summed E-state index contributed by atoms with van der Waals surface area (Å²) in [6.07, 6.45) is 0. The van der Waals surface area contributed by atoms with Gasteiger partial charge in [-0.25, -0.2) is 4.68 Å². The summed E-state index contributed by atoms with van der Waals surface area (Å²) in [7, 11) is 1.67. The van der Waals surface area contributed by atoms with Crippen molar-refractivity contribution in [2.45, 2.75) is 33.6 Å². The molecule has 3 rings (SSSR count). The Morgan fingerprint density at radius 3 is 2.33 bits per heavy atom. The van der Waals surface area contributed by atoms with Crippen LogP contribution in [0.15, 0.2) is 54.6 Å². The zero-order chi connectivity index (χ0) is 19.2. The highest BCUT2D eigenvalue weighted by atomic mass is 32.1. The van der Waals surface area contributed by atoms with Crippen LogP contribution in [-0.4, -0.2) is 32.9 Å². The van der Waals surface area contributed by atoms with Gasteiger partial charge in [0.25, 0.3) is 0 Å². The van der Waals surface area contributed by atoms with E-state index in [1.165, 1.54) is 5.56 Å². The molecule has 0 saturated heterocycles. The van der Waals surface area contributed by atoms with Gasteiger partial charge in [-0.1, -0.05) is 37.3 Å². The first-order valence-corrected chi connectivity index (χ1v) is 9.65. The van der Waals surface area contributed by atoms with E-state index in [1.54, 1.807) is 7.11 Å². The van der Waals surface area contributed by atoms with Crippen molar-refractivity contribution >= 4 is 12.2 Å². The van der Waals surface area contributed by atoms with E-state index in [9.17, 15) is 0 Å². The number of hydrogen-bond acceptors (Lipinski definition) is 4. The molecule has 0 amide bonds. The number of methoxy groups -OCH3 is 1. The van der Waals surface area contributed by atoms with Crippen LogP contribution in [0.2, 0.25) is 0 Å². The van der Waals surface area contributed by atoms with Crippen LogP contribution in [0.25, 0.3) is 11.4 Å². The SMILES string of the molecule is CCN(Cc1ccccc1)Cn1nc(-c2ccc(OC)cc2)n(CC)c1=S. The second-order valence-corrected chi connectivity index (χ2v) is 6.72. The summed E-state index contributed by atoms with van der Waals surface area (Å²) in [4.78, 5) is 2.33. The van der Waals surface area contributed by atoms with Crippen LogP contribution in [-0.2, 0) is 19.8 Å². The predicted octanol–water partition coefficient (Wildman–Crippen LogP) is 4.59. The Hall–Kier alpha value is -2.44. The first kappa shape index (κ1) is 19.3. The highest BCUT2D eigenvalue weighted by Crippen LogP contribution is 2.22.